The van der Waals surface area contributed by atoms with Crippen LogP contribution < -0.4 is 0 Å². The summed E-state index contributed by atoms with van der Waals surface area (Å²) in [4.78, 5) is 12.4. The monoisotopic (exact) mass is 392 g/mol. The molecule has 3 rings (SSSR count). The van der Waals surface area contributed by atoms with Crippen molar-refractivity contribution in [3.8, 4) is 0 Å². The second-order valence-electron chi connectivity index (χ2n) is 6.69. The molecule has 1 aromatic carbocycles. The fourth-order valence-corrected chi connectivity index (χ4v) is 3.67. The number of rotatable bonds is 5. The maximum absolute atomic E-state index is 12.4. The molecule has 1 unspecified atom stereocenters. The highest BCUT2D eigenvalue weighted by Gasteiger charge is 2.27. The van der Waals surface area contributed by atoms with Crippen molar-refractivity contribution in [2.45, 2.75) is 57.3 Å². The van der Waals surface area contributed by atoms with E-state index in [0.717, 1.165) is 55.2 Å². The van der Waals surface area contributed by atoms with E-state index in [1.807, 2.05) is 30.3 Å². The highest BCUT2D eigenvalue weighted by Crippen LogP contribution is 2.29. The van der Waals surface area contributed by atoms with Crippen molar-refractivity contribution in [2.24, 2.45) is 5.92 Å². The zero-order valence-corrected chi connectivity index (χ0v) is 15.5. The number of hydrogen-bond acceptors (Lipinski definition) is 3. The third-order valence-corrected chi connectivity index (χ3v) is 5.40. The van der Waals surface area contributed by atoms with Gasteiger partial charge in [-0.25, -0.2) is 0 Å². The number of allylic oxidation sites excluding steroid dienone is 1. The van der Waals surface area contributed by atoms with E-state index in [0.29, 0.717) is 0 Å². The average Bonchev–Trinajstić information content (AvgIpc) is 2.62. The van der Waals surface area contributed by atoms with Gasteiger partial charge in [-0.15, -0.1) is 0 Å². The molecule has 1 aliphatic heterocycles. The first kappa shape index (κ1) is 17.8. The van der Waals surface area contributed by atoms with Crippen LogP contribution in [-0.2, 0) is 14.3 Å². The molecule has 2 fully saturated rings. The molecule has 24 heavy (non-hydrogen) atoms. The van der Waals surface area contributed by atoms with Gasteiger partial charge in [0.2, 0.25) is 0 Å². The van der Waals surface area contributed by atoms with Gasteiger partial charge in [0.15, 0.2) is 12.1 Å². The summed E-state index contributed by atoms with van der Waals surface area (Å²) >= 11 is 3.42. The minimum absolute atomic E-state index is 0.0201. The van der Waals surface area contributed by atoms with Crippen molar-refractivity contribution in [2.75, 3.05) is 6.61 Å². The summed E-state index contributed by atoms with van der Waals surface area (Å²) in [7, 11) is 0. The van der Waals surface area contributed by atoms with Crippen LogP contribution in [0.2, 0.25) is 0 Å². The van der Waals surface area contributed by atoms with E-state index in [-0.39, 0.29) is 24.1 Å². The third kappa shape index (κ3) is 5.27. The maximum atomic E-state index is 12.4. The molecule has 2 aliphatic rings. The SMILES string of the molecule is O=C(C=Cc1ccc(Br)cc1)C1CCC(OC2CCCCO2)CC1. The zero-order valence-electron chi connectivity index (χ0n) is 14.0. The van der Waals surface area contributed by atoms with Gasteiger partial charge >= 0.3 is 0 Å². The molecule has 1 saturated heterocycles. The number of benzene rings is 1. The molecule has 0 radical (unpaired) electrons. The van der Waals surface area contributed by atoms with Crippen LogP contribution in [-0.4, -0.2) is 24.8 Å². The number of ether oxygens (including phenoxy) is 2. The van der Waals surface area contributed by atoms with E-state index in [1.165, 1.54) is 6.42 Å². The summed E-state index contributed by atoms with van der Waals surface area (Å²) in [6.07, 6.45) is 11.0. The normalized spacial score (nSPS) is 28.1. The van der Waals surface area contributed by atoms with E-state index >= 15 is 0 Å². The molecule has 1 aromatic rings. The van der Waals surface area contributed by atoms with Gasteiger partial charge in [0.1, 0.15) is 0 Å². The molecule has 0 amide bonds. The standard InChI is InChI=1S/C20H25BrO3/c21-17-9-4-15(5-10-17)6-13-19(22)16-7-11-18(12-8-16)24-20-3-1-2-14-23-20/h4-6,9-10,13,16,18,20H,1-3,7-8,11-12,14H2. The Kier molecular flexibility index (Phi) is 6.64. The molecule has 1 atom stereocenters. The minimum Gasteiger partial charge on any atom is -0.353 e. The van der Waals surface area contributed by atoms with Gasteiger partial charge in [0, 0.05) is 17.0 Å². The highest BCUT2D eigenvalue weighted by atomic mass is 79.9. The lowest BCUT2D eigenvalue weighted by Gasteiger charge is -2.32. The molecule has 0 spiro atoms. The molecular formula is C20H25BrO3. The first-order chi connectivity index (χ1) is 11.7. The second-order valence-corrected chi connectivity index (χ2v) is 7.61. The summed E-state index contributed by atoms with van der Waals surface area (Å²) < 4.78 is 12.7. The van der Waals surface area contributed by atoms with Gasteiger partial charge < -0.3 is 9.47 Å². The second kappa shape index (κ2) is 8.93. The van der Waals surface area contributed by atoms with E-state index in [2.05, 4.69) is 15.9 Å². The van der Waals surface area contributed by atoms with Crippen molar-refractivity contribution >= 4 is 27.8 Å². The van der Waals surface area contributed by atoms with E-state index in [9.17, 15) is 4.79 Å². The molecule has 0 bridgehead atoms. The first-order valence-electron chi connectivity index (χ1n) is 8.95. The first-order valence-corrected chi connectivity index (χ1v) is 9.74. The molecule has 3 nitrogen and oxygen atoms in total. The maximum Gasteiger partial charge on any atom is 0.158 e. The summed E-state index contributed by atoms with van der Waals surface area (Å²) in [5.74, 6) is 0.383. The zero-order chi connectivity index (χ0) is 16.8. The highest BCUT2D eigenvalue weighted by molar-refractivity contribution is 9.10. The van der Waals surface area contributed by atoms with E-state index < -0.39 is 0 Å². The lowest BCUT2D eigenvalue weighted by atomic mass is 9.84. The molecule has 1 heterocycles. The molecule has 1 saturated carbocycles. The quantitative estimate of drug-likeness (QED) is 0.651. The number of carbonyl (C=O) groups excluding carboxylic acids is 1. The van der Waals surface area contributed by atoms with Gasteiger partial charge in [0.05, 0.1) is 6.10 Å². The number of halogens is 1. The molecule has 0 N–H and O–H groups in total. The molecule has 4 heteroatoms. The van der Waals surface area contributed by atoms with Crippen LogP contribution in [0.15, 0.2) is 34.8 Å². The third-order valence-electron chi connectivity index (χ3n) is 4.87. The van der Waals surface area contributed by atoms with Crippen LogP contribution in [0.3, 0.4) is 0 Å². The number of hydrogen-bond donors (Lipinski definition) is 0. The Hall–Kier alpha value is -0.970. The van der Waals surface area contributed by atoms with Gasteiger partial charge in [-0.1, -0.05) is 34.1 Å². The molecule has 0 aromatic heterocycles. The Labute approximate surface area is 152 Å². The van der Waals surface area contributed by atoms with E-state index in [1.54, 1.807) is 6.08 Å². The van der Waals surface area contributed by atoms with Crippen LogP contribution in [0, 0.1) is 5.92 Å². The Morgan fingerprint density at radius 3 is 2.50 bits per heavy atom. The van der Waals surface area contributed by atoms with Crippen molar-refractivity contribution < 1.29 is 14.3 Å². The predicted octanol–water partition coefficient (Wildman–Crippen LogP) is 5.13. The van der Waals surface area contributed by atoms with Crippen LogP contribution >= 0.6 is 15.9 Å². The van der Waals surface area contributed by atoms with Crippen LogP contribution in [0.5, 0.6) is 0 Å². The van der Waals surface area contributed by atoms with Gasteiger partial charge in [-0.05, 0) is 68.7 Å². The summed E-state index contributed by atoms with van der Waals surface area (Å²) in [6, 6.07) is 7.98. The van der Waals surface area contributed by atoms with Crippen molar-refractivity contribution in [1.29, 1.82) is 0 Å². The van der Waals surface area contributed by atoms with Crippen LogP contribution in [0.4, 0.5) is 0 Å². The topological polar surface area (TPSA) is 35.5 Å². The van der Waals surface area contributed by atoms with Crippen LogP contribution in [0.25, 0.3) is 6.08 Å². The lowest BCUT2D eigenvalue weighted by Crippen LogP contribution is -2.31. The fourth-order valence-electron chi connectivity index (χ4n) is 3.40. The minimum atomic E-state index is -0.0201. The Bertz CT molecular complexity index is 553. The van der Waals surface area contributed by atoms with Crippen molar-refractivity contribution in [3.63, 3.8) is 0 Å². The number of carbonyl (C=O) groups is 1. The number of ketones is 1. The van der Waals surface area contributed by atoms with Crippen molar-refractivity contribution in [1.82, 2.24) is 0 Å². The summed E-state index contributed by atoms with van der Waals surface area (Å²) in [6.45, 7) is 0.819. The summed E-state index contributed by atoms with van der Waals surface area (Å²) in [5.41, 5.74) is 1.05. The molecule has 1 aliphatic carbocycles. The molecule has 130 valence electrons. The van der Waals surface area contributed by atoms with Crippen molar-refractivity contribution in [3.05, 3.63) is 40.4 Å². The Balaban J connectivity index is 1.43. The average molecular weight is 393 g/mol. The van der Waals surface area contributed by atoms with E-state index in [4.69, 9.17) is 9.47 Å². The molecular weight excluding hydrogens is 368 g/mol. The largest absolute Gasteiger partial charge is 0.353 e. The van der Waals surface area contributed by atoms with Gasteiger partial charge in [-0.2, -0.15) is 0 Å². The summed E-state index contributed by atoms with van der Waals surface area (Å²) in [5, 5.41) is 0. The van der Waals surface area contributed by atoms with Gasteiger partial charge in [0.25, 0.3) is 0 Å². The Morgan fingerprint density at radius 2 is 1.83 bits per heavy atom. The Morgan fingerprint density at radius 1 is 1.08 bits per heavy atom. The lowest BCUT2D eigenvalue weighted by molar-refractivity contribution is -0.194. The predicted molar refractivity (Wildman–Crippen MR) is 98.6 cm³/mol. The fraction of sp³-hybridized carbons (Fsp3) is 0.550. The van der Waals surface area contributed by atoms with Gasteiger partial charge in [-0.3, -0.25) is 4.79 Å². The van der Waals surface area contributed by atoms with Crippen LogP contribution in [0.1, 0.15) is 50.5 Å². The smallest absolute Gasteiger partial charge is 0.158 e.